The molecule has 3 unspecified atom stereocenters. The zero-order chi connectivity index (χ0) is 58.6. The summed E-state index contributed by atoms with van der Waals surface area (Å²) in [4.78, 5) is 0. The minimum absolute atomic E-state index is 0.842. The van der Waals surface area contributed by atoms with Crippen LogP contribution in [0.15, 0.2) is 364 Å². The molecule has 0 aliphatic heterocycles. The molecule has 15 rings (SSSR count). The molecule has 15 aromatic carbocycles. The summed E-state index contributed by atoms with van der Waals surface area (Å²) in [5.41, 5.74) is 7.40. The topological polar surface area (TPSA) is 0 Å². The van der Waals surface area contributed by atoms with E-state index in [-0.39, 0.29) is 0 Å². The molecule has 0 amide bonds. The second-order valence-corrected chi connectivity index (χ2v) is 31.1. The third-order valence-corrected chi connectivity index (χ3v) is 26.5. The maximum Gasteiger partial charge on any atom is -0.0134 e. The van der Waals surface area contributed by atoms with E-state index in [1.165, 1.54) is 129 Å². The average Bonchev–Trinajstić information content (AvgIpc) is 3.43. The average molecular weight is 1190 g/mol. The second kappa shape index (κ2) is 25.3. The summed E-state index contributed by atoms with van der Waals surface area (Å²) in [5, 5.41) is 23.6. The van der Waals surface area contributed by atoms with Gasteiger partial charge in [0.25, 0.3) is 0 Å². The summed E-state index contributed by atoms with van der Waals surface area (Å²) in [6, 6.07) is 137. The van der Waals surface area contributed by atoms with E-state index in [2.05, 4.69) is 364 Å². The van der Waals surface area contributed by atoms with Crippen LogP contribution in [-0.4, -0.2) is 0 Å². The van der Waals surface area contributed by atoms with Crippen LogP contribution in [0.3, 0.4) is 0 Å². The van der Waals surface area contributed by atoms with Crippen LogP contribution in [-0.2, 0) is 0 Å². The van der Waals surface area contributed by atoms with Gasteiger partial charge in [-0.15, -0.1) is 0 Å². The number of benzene rings is 15. The Morgan fingerprint density at radius 1 is 0.114 bits per heavy atom. The predicted octanol–water partition coefficient (Wildman–Crippen LogP) is 17.2. The summed E-state index contributed by atoms with van der Waals surface area (Å²) >= 11 is 0. The van der Waals surface area contributed by atoms with Crippen LogP contribution in [0, 0.1) is 0 Å². The van der Waals surface area contributed by atoms with Crippen LogP contribution in [0.2, 0.25) is 0 Å². The normalized spacial score (nSPS) is 12.8. The van der Waals surface area contributed by atoms with E-state index >= 15 is 0 Å². The Morgan fingerprint density at radius 2 is 0.273 bits per heavy atom. The van der Waals surface area contributed by atoms with Gasteiger partial charge in [-0.1, -0.05) is 346 Å². The molecular weight excluding hydrogens is 1130 g/mol. The lowest BCUT2D eigenvalue weighted by Crippen LogP contribution is -2.26. The van der Waals surface area contributed by atoms with Crippen molar-refractivity contribution in [2.75, 3.05) is 0 Å². The van der Waals surface area contributed by atoms with Gasteiger partial charge in [0.1, 0.15) is 0 Å². The zero-order valence-electron chi connectivity index (χ0n) is 48.4. The molecule has 0 radical (unpaired) electrons. The van der Waals surface area contributed by atoms with Crippen molar-refractivity contribution < 1.29 is 0 Å². The zero-order valence-corrected chi connectivity index (χ0v) is 52.0. The molecule has 4 heteroatoms. The summed E-state index contributed by atoms with van der Waals surface area (Å²) in [6.07, 6.45) is 0. The van der Waals surface area contributed by atoms with Crippen LogP contribution in [0.1, 0.15) is 0 Å². The molecule has 0 aliphatic carbocycles. The van der Waals surface area contributed by atoms with Gasteiger partial charge in [0.05, 0.1) is 0 Å². The van der Waals surface area contributed by atoms with Crippen molar-refractivity contribution in [1.29, 1.82) is 0 Å². The highest BCUT2D eigenvalue weighted by Gasteiger charge is 2.24. The maximum absolute atomic E-state index is 2.44. The van der Waals surface area contributed by atoms with Crippen LogP contribution in [0.4, 0.5) is 0 Å². The van der Waals surface area contributed by atoms with E-state index in [9.17, 15) is 0 Å². The molecular formula is C84H60P4. The maximum atomic E-state index is 2.44. The molecule has 0 fully saturated rings. The molecule has 0 bridgehead atoms. The van der Waals surface area contributed by atoms with Crippen molar-refractivity contribution >= 4 is 128 Å². The minimum atomic E-state index is -0.974. The van der Waals surface area contributed by atoms with Gasteiger partial charge >= 0.3 is 0 Å². The molecule has 416 valence electrons. The highest BCUT2D eigenvalue weighted by Crippen LogP contribution is 2.40. The number of hydrogen-bond acceptors (Lipinski definition) is 0. The SMILES string of the molecule is c1ccc(P(c2ccc(-c3ccc4ccccc4c3)cc2)c2ccc(P(c3ccc(P(c4ccccc4)c4ccc(-c5ccc6ccccc6c5)cc4)cc3)c3ccc(P(c4ccccc4)c4ccc(-c5ccc6ccccc6c5)cc4)cc3)cc2)cc1. The molecule has 0 aromatic heterocycles. The predicted molar refractivity (Wildman–Crippen MR) is 390 cm³/mol. The fraction of sp³-hybridized carbons (Fsp3) is 0. The van der Waals surface area contributed by atoms with Crippen LogP contribution in [0.5, 0.6) is 0 Å². The molecule has 0 saturated heterocycles. The van der Waals surface area contributed by atoms with E-state index in [1.807, 2.05) is 0 Å². The molecule has 0 nitrogen and oxygen atoms in total. The standard InChI is InChI=1S/C84H60P4/c1-4-22-73(23-5-1)85(76-40-34-64(35-41-76)70-31-28-61-16-10-13-19-67(61)58-70)79-46-52-82(53-47-79)88(83-54-48-80(49-55-83)86(74-24-6-2-7-25-74)77-42-36-65(37-43-77)71-32-29-62-17-11-14-20-68(62)59-71)84-56-50-81(51-57-84)87(75-26-8-3-9-27-75)78-44-38-66(39-45-78)72-33-30-63-18-12-15-21-69(63)60-72/h1-60H. The largest absolute Gasteiger partial charge is 0.0622 e. The number of hydrogen-bond donors (Lipinski definition) is 0. The molecule has 0 N–H and O–H groups in total. The smallest absolute Gasteiger partial charge is 0.0134 e. The third-order valence-electron chi connectivity index (χ3n) is 16.8. The number of fused-ring (bicyclic) bond motifs is 3. The van der Waals surface area contributed by atoms with Gasteiger partial charge in [-0.05, 0) is 179 Å². The van der Waals surface area contributed by atoms with Crippen molar-refractivity contribution in [1.82, 2.24) is 0 Å². The second-order valence-electron chi connectivity index (χ2n) is 22.2. The van der Waals surface area contributed by atoms with Gasteiger partial charge < -0.3 is 0 Å². The Kier molecular flexibility index (Phi) is 15.9. The first-order valence-electron chi connectivity index (χ1n) is 30.0. The molecule has 3 atom stereocenters. The van der Waals surface area contributed by atoms with E-state index in [4.69, 9.17) is 0 Å². The summed E-state index contributed by atoms with van der Waals surface area (Å²) in [5.74, 6) is 0. The molecule has 15 aromatic rings. The fourth-order valence-electron chi connectivity index (χ4n) is 12.3. The van der Waals surface area contributed by atoms with Crippen molar-refractivity contribution in [3.63, 3.8) is 0 Å². The van der Waals surface area contributed by atoms with E-state index < -0.39 is 31.7 Å². The minimum Gasteiger partial charge on any atom is -0.0622 e. The van der Waals surface area contributed by atoms with E-state index in [0.717, 1.165) is 0 Å². The summed E-state index contributed by atoms with van der Waals surface area (Å²) < 4.78 is 0. The van der Waals surface area contributed by atoms with Crippen LogP contribution < -0.4 is 63.7 Å². The van der Waals surface area contributed by atoms with Gasteiger partial charge in [-0.2, -0.15) is 0 Å². The van der Waals surface area contributed by atoms with Crippen molar-refractivity contribution in [2.45, 2.75) is 0 Å². The summed E-state index contributed by atoms with van der Waals surface area (Å²) in [6.45, 7) is 0. The Bertz CT molecular complexity index is 4360. The highest BCUT2D eigenvalue weighted by atomic mass is 31.1. The lowest BCUT2D eigenvalue weighted by atomic mass is 10.0. The molecule has 0 saturated carbocycles. The third kappa shape index (κ3) is 11.6. The first kappa shape index (κ1) is 55.4. The van der Waals surface area contributed by atoms with Gasteiger partial charge in [-0.25, -0.2) is 0 Å². The van der Waals surface area contributed by atoms with Crippen LogP contribution in [0.25, 0.3) is 65.7 Å². The van der Waals surface area contributed by atoms with Gasteiger partial charge in [0.2, 0.25) is 0 Å². The molecule has 88 heavy (non-hydrogen) atoms. The Morgan fingerprint density at radius 3 is 0.489 bits per heavy atom. The fourth-order valence-corrected chi connectivity index (χ4v) is 21.3. The lowest BCUT2D eigenvalue weighted by molar-refractivity contribution is 1.66. The van der Waals surface area contributed by atoms with Gasteiger partial charge in [0, 0.05) is 0 Å². The Balaban J connectivity index is 0.793. The molecule has 0 heterocycles. The van der Waals surface area contributed by atoms with Gasteiger partial charge in [0.15, 0.2) is 0 Å². The van der Waals surface area contributed by atoms with Crippen LogP contribution >= 0.6 is 31.7 Å². The Hall–Kier alpha value is -9.20. The van der Waals surface area contributed by atoms with Crippen molar-refractivity contribution in [3.05, 3.63) is 364 Å². The molecule has 0 aliphatic rings. The van der Waals surface area contributed by atoms with E-state index in [1.54, 1.807) is 0 Å². The first-order chi connectivity index (χ1) is 43.6. The number of rotatable bonds is 15. The van der Waals surface area contributed by atoms with E-state index in [0.29, 0.717) is 0 Å². The summed E-state index contributed by atoms with van der Waals surface area (Å²) in [7, 11) is -3.50. The monoisotopic (exact) mass is 1190 g/mol. The van der Waals surface area contributed by atoms with Gasteiger partial charge in [-0.3, -0.25) is 0 Å². The molecule has 0 spiro atoms. The highest BCUT2D eigenvalue weighted by molar-refractivity contribution is 7.81. The van der Waals surface area contributed by atoms with Crippen molar-refractivity contribution in [3.8, 4) is 33.4 Å². The first-order valence-corrected chi connectivity index (χ1v) is 35.4. The lowest BCUT2D eigenvalue weighted by Gasteiger charge is -2.25. The quantitative estimate of drug-likeness (QED) is 0.0898. The Labute approximate surface area is 521 Å². The van der Waals surface area contributed by atoms with Crippen molar-refractivity contribution in [2.24, 2.45) is 0 Å².